The van der Waals surface area contributed by atoms with E-state index in [1.165, 1.54) is 57.4 Å². The first-order chi connectivity index (χ1) is 13.4. The molecule has 156 valence electrons. The van der Waals surface area contributed by atoms with E-state index in [0.717, 1.165) is 36.3 Å². The molecule has 0 nitrogen and oxygen atoms in total. The topological polar surface area (TPSA) is 0 Å². The second kappa shape index (κ2) is 9.77. The maximum atomic E-state index is 13.7. The van der Waals surface area contributed by atoms with Crippen LogP contribution in [0.1, 0.15) is 68.9 Å². The molecule has 0 radical (unpaired) electrons. The molecule has 5 heteroatoms. The molecule has 0 aromatic heterocycles. The molecule has 1 aromatic carbocycles. The van der Waals surface area contributed by atoms with Crippen LogP contribution in [-0.2, 0) is 12.6 Å². The summed E-state index contributed by atoms with van der Waals surface area (Å²) in [6.45, 7) is 0. The zero-order chi connectivity index (χ0) is 20.1. The minimum Gasteiger partial charge on any atom is -0.206 e. The van der Waals surface area contributed by atoms with E-state index in [1.807, 2.05) is 4.99 Å². The van der Waals surface area contributed by atoms with Gasteiger partial charge in [-0.3, -0.25) is 0 Å². The Bertz CT molecular complexity index is 651. The van der Waals surface area contributed by atoms with Crippen LogP contribution in [0.5, 0.6) is 0 Å². The largest absolute Gasteiger partial charge is 0.419 e. The summed E-state index contributed by atoms with van der Waals surface area (Å²) in [5.74, 6) is 1.91. The van der Waals surface area contributed by atoms with Gasteiger partial charge in [0.2, 0.25) is 0 Å². The van der Waals surface area contributed by atoms with Crippen molar-refractivity contribution in [3.05, 3.63) is 46.2 Å². The van der Waals surface area contributed by atoms with Gasteiger partial charge in [-0.05, 0) is 97.7 Å². The standard InChI is InChI=1S/C23H29BrF4/c24-14-13-17-5-10-20(11-6-17)19-8-3-16(4-9-19)1-2-18-7-12-21(22(25)15-18)23(26,27)28/h7,12-17,19-20H,1-6,8-11H2/b14-13+. The van der Waals surface area contributed by atoms with Crippen LogP contribution >= 0.6 is 15.9 Å². The first-order valence-electron chi connectivity index (χ1n) is 10.5. The van der Waals surface area contributed by atoms with E-state index in [4.69, 9.17) is 0 Å². The van der Waals surface area contributed by atoms with Gasteiger partial charge in [0.15, 0.2) is 0 Å². The van der Waals surface area contributed by atoms with Crippen molar-refractivity contribution < 1.29 is 17.6 Å². The summed E-state index contributed by atoms with van der Waals surface area (Å²) in [6.07, 6.45) is 9.48. The van der Waals surface area contributed by atoms with Crippen molar-refractivity contribution in [2.24, 2.45) is 23.7 Å². The molecule has 0 aliphatic heterocycles. The van der Waals surface area contributed by atoms with Gasteiger partial charge in [-0.1, -0.05) is 40.9 Å². The molecule has 0 bridgehead atoms. The number of benzene rings is 1. The smallest absolute Gasteiger partial charge is 0.206 e. The van der Waals surface area contributed by atoms with Gasteiger partial charge in [-0.15, -0.1) is 0 Å². The van der Waals surface area contributed by atoms with Crippen LogP contribution in [0.2, 0.25) is 0 Å². The number of allylic oxidation sites excluding steroid dienone is 1. The number of hydrogen-bond donors (Lipinski definition) is 0. The van der Waals surface area contributed by atoms with Crippen molar-refractivity contribution in [2.45, 2.75) is 70.4 Å². The van der Waals surface area contributed by atoms with E-state index in [0.29, 0.717) is 17.9 Å². The zero-order valence-corrected chi connectivity index (χ0v) is 17.7. The third-order valence-corrected chi connectivity index (χ3v) is 7.20. The Morgan fingerprint density at radius 2 is 1.54 bits per heavy atom. The Kier molecular flexibility index (Phi) is 7.63. The highest BCUT2D eigenvalue weighted by molar-refractivity contribution is 9.11. The molecular weight excluding hydrogens is 432 g/mol. The Hall–Kier alpha value is -0.840. The highest BCUT2D eigenvalue weighted by atomic mass is 79.9. The molecule has 0 unspecified atom stereocenters. The minimum absolute atomic E-state index is 0.620. The van der Waals surface area contributed by atoms with E-state index in [-0.39, 0.29) is 0 Å². The third-order valence-electron chi connectivity index (χ3n) is 6.90. The highest BCUT2D eigenvalue weighted by Crippen LogP contribution is 2.42. The lowest BCUT2D eigenvalue weighted by Gasteiger charge is -2.37. The Morgan fingerprint density at radius 1 is 0.929 bits per heavy atom. The van der Waals surface area contributed by atoms with E-state index in [1.54, 1.807) is 0 Å². The molecule has 2 saturated carbocycles. The summed E-state index contributed by atoms with van der Waals surface area (Å²) in [7, 11) is 0. The SMILES string of the molecule is Fc1cc(CCC2CCC(C3CCC(/C=C/Br)CC3)CC2)ccc1C(F)(F)F. The molecule has 1 aromatic rings. The molecule has 0 heterocycles. The van der Waals surface area contributed by atoms with Crippen molar-refractivity contribution in [2.75, 3.05) is 0 Å². The Balaban J connectivity index is 1.42. The molecule has 2 aliphatic rings. The number of rotatable bonds is 5. The van der Waals surface area contributed by atoms with Crippen LogP contribution in [-0.4, -0.2) is 0 Å². The molecular formula is C23H29BrF4. The number of hydrogen-bond acceptors (Lipinski definition) is 0. The monoisotopic (exact) mass is 460 g/mol. The van der Waals surface area contributed by atoms with Crippen molar-refractivity contribution in [3.63, 3.8) is 0 Å². The van der Waals surface area contributed by atoms with Gasteiger partial charge in [0.25, 0.3) is 0 Å². The van der Waals surface area contributed by atoms with E-state index >= 15 is 0 Å². The van der Waals surface area contributed by atoms with Gasteiger partial charge in [0.1, 0.15) is 5.82 Å². The quantitative estimate of drug-likeness (QED) is 0.387. The average molecular weight is 461 g/mol. The van der Waals surface area contributed by atoms with Gasteiger partial charge in [-0.25, -0.2) is 4.39 Å². The molecule has 2 fully saturated rings. The zero-order valence-electron chi connectivity index (χ0n) is 16.2. The van der Waals surface area contributed by atoms with Crippen LogP contribution in [0.3, 0.4) is 0 Å². The van der Waals surface area contributed by atoms with Gasteiger partial charge < -0.3 is 0 Å². The van der Waals surface area contributed by atoms with E-state index < -0.39 is 17.6 Å². The number of aryl methyl sites for hydroxylation is 1. The lowest BCUT2D eigenvalue weighted by molar-refractivity contribution is -0.140. The van der Waals surface area contributed by atoms with Crippen LogP contribution in [0.4, 0.5) is 17.6 Å². The normalized spacial score (nSPS) is 29.3. The fraction of sp³-hybridized carbons (Fsp3) is 0.652. The molecule has 0 spiro atoms. The maximum Gasteiger partial charge on any atom is 0.419 e. The third kappa shape index (κ3) is 5.84. The maximum absolute atomic E-state index is 13.7. The summed E-state index contributed by atoms with van der Waals surface area (Å²) < 4.78 is 51.7. The molecule has 28 heavy (non-hydrogen) atoms. The van der Waals surface area contributed by atoms with E-state index in [2.05, 4.69) is 22.0 Å². The highest BCUT2D eigenvalue weighted by Gasteiger charge is 2.34. The van der Waals surface area contributed by atoms with Crippen molar-refractivity contribution in [3.8, 4) is 0 Å². The lowest BCUT2D eigenvalue weighted by Crippen LogP contribution is -2.25. The van der Waals surface area contributed by atoms with Crippen molar-refractivity contribution in [1.29, 1.82) is 0 Å². The van der Waals surface area contributed by atoms with Gasteiger partial charge >= 0.3 is 6.18 Å². The molecule has 2 aliphatic carbocycles. The van der Waals surface area contributed by atoms with Crippen molar-refractivity contribution in [1.82, 2.24) is 0 Å². The molecule has 0 amide bonds. The minimum atomic E-state index is -4.62. The predicted molar refractivity (Wildman–Crippen MR) is 109 cm³/mol. The summed E-state index contributed by atoms with van der Waals surface area (Å²) in [5, 5.41) is 0. The van der Waals surface area contributed by atoms with Gasteiger partial charge in [-0.2, -0.15) is 13.2 Å². The second-order valence-electron chi connectivity index (χ2n) is 8.62. The fourth-order valence-electron chi connectivity index (χ4n) is 5.17. The fourth-order valence-corrected chi connectivity index (χ4v) is 5.61. The Morgan fingerprint density at radius 3 is 2.07 bits per heavy atom. The number of alkyl halides is 3. The molecule has 0 saturated heterocycles. The average Bonchev–Trinajstić information content (AvgIpc) is 2.67. The summed E-state index contributed by atoms with van der Waals surface area (Å²) in [4.78, 5) is 1.99. The van der Waals surface area contributed by atoms with Gasteiger partial charge in [0.05, 0.1) is 5.56 Å². The van der Waals surface area contributed by atoms with Crippen LogP contribution in [0.25, 0.3) is 0 Å². The summed E-state index contributed by atoms with van der Waals surface area (Å²) in [5.41, 5.74) is -0.496. The number of halogens is 5. The predicted octanol–water partition coefficient (Wildman–Crippen LogP) is 8.30. The first-order valence-corrected chi connectivity index (χ1v) is 11.4. The van der Waals surface area contributed by atoms with Crippen molar-refractivity contribution >= 4 is 15.9 Å². The Labute approximate surface area is 173 Å². The molecule has 3 rings (SSSR count). The molecule has 0 atom stereocenters. The summed E-state index contributed by atoms with van der Waals surface area (Å²) >= 11 is 3.38. The lowest BCUT2D eigenvalue weighted by atomic mass is 9.68. The first kappa shape index (κ1) is 21.9. The van der Waals surface area contributed by atoms with Crippen LogP contribution in [0, 0.1) is 29.5 Å². The molecule has 0 N–H and O–H groups in total. The van der Waals surface area contributed by atoms with E-state index in [9.17, 15) is 17.6 Å². The van der Waals surface area contributed by atoms with Crippen LogP contribution in [0.15, 0.2) is 29.3 Å². The van der Waals surface area contributed by atoms with Gasteiger partial charge in [0, 0.05) is 0 Å². The van der Waals surface area contributed by atoms with Crippen LogP contribution < -0.4 is 0 Å². The second-order valence-corrected chi connectivity index (χ2v) is 9.15. The summed E-state index contributed by atoms with van der Waals surface area (Å²) in [6, 6.07) is 3.37.